The molecular formula is C18H20BrN5O4. The van der Waals surface area contributed by atoms with Gasteiger partial charge in [-0.1, -0.05) is 15.9 Å². The molecule has 0 spiro atoms. The van der Waals surface area contributed by atoms with Gasteiger partial charge in [0, 0.05) is 22.4 Å². The Labute approximate surface area is 169 Å². The standard InChI is InChI=1S/C18H20BrN5O4/c1-10-5-12(19)3-4-15(10)20-16-6-17-22-21-11(2)24(17)7-14(16)18(27)23-28-9-13(26)8-25/h3-7,13,20,25-26H,8-9H2,1-2H3,(H,23,27). The van der Waals surface area contributed by atoms with Gasteiger partial charge in [0.25, 0.3) is 5.91 Å². The fraction of sp³-hybridized carbons (Fsp3) is 0.278. The van der Waals surface area contributed by atoms with Gasteiger partial charge in [0.2, 0.25) is 0 Å². The minimum atomic E-state index is -1.08. The maximum absolute atomic E-state index is 12.7. The average molecular weight is 450 g/mol. The van der Waals surface area contributed by atoms with E-state index in [0.717, 1.165) is 15.7 Å². The van der Waals surface area contributed by atoms with Gasteiger partial charge in [-0.25, -0.2) is 5.48 Å². The molecule has 28 heavy (non-hydrogen) atoms. The van der Waals surface area contributed by atoms with Crippen LogP contribution in [-0.2, 0) is 4.84 Å². The molecule has 0 aliphatic heterocycles. The van der Waals surface area contributed by atoms with E-state index in [-0.39, 0.29) is 6.61 Å². The van der Waals surface area contributed by atoms with Crippen LogP contribution >= 0.6 is 15.9 Å². The lowest BCUT2D eigenvalue weighted by molar-refractivity contribution is -0.0295. The molecule has 1 amide bonds. The molecule has 0 radical (unpaired) electrons. The zero-order chi connectivity index (χ0) is 20.3. The molecule has 1 unspecified atom stereocenters. The van der Waals surface area contributed by atoms with Crippen molar-refractivity contribution < 1.29 is 19.8 Å². The summed E-state index contributed by atoms with van der Waals surface area (Å²) in [6.07, 6.45) is 0.536. The number of pyridine rings is 1. The highest BCUT2D eigenvalue weighted by Crippen LogP contribution is 2.27. The second-order valence-electron chi connectivity index (χ2n) is 6.24. The predicted molar refractivity (Wildman–Crippen MR) is 106 cm³/mol. The highest BCUT2D eigenvalue weighted by atomic mass is 79.9. The highest BCUT2D eigenvalue weighted by molar-refractivity contribution is 9.10. The van der Waals surface area contributed by atoms with Crippen LogP contribution in [0, 0.1) is 13.8 Å². The SMILES string of the molecule is Cc1cc(Br)ccc1Nc1cc2nnc(C)n2cc1C(=O)NOCC(O)CO. The number of aliphatic hydroxyl groups excluding tert-OH is 2. The van der Waals surface area contributed by atoms with E-state index in [1.54, 1.807) is 23.6 Å². The number of anilines is 2. The van der Waals surface area contributed by atoms with E-state index in [1.807, 2.05) is 25.1 Å². The molecule has 0 saturated carbocycles. The van der Waals surface area contributed by atoms with Crippen molar-refractivity contribution in [1.29, 1.82) is 0 Å². The number of nitrogens with one attached hydrogen (secondary N) is 2. The van der Waals surface area contributed by atoms with E-state index in [9.17, 15) is 9.90 Å². The summed E-state index contributed by atoms with van der Waals surface area (Å²) in [4.78, 5) is 17.6. The van der Waals surface area contributed by atoms with Gasteiger partial charge in [-0.05, 0) is 37.6 Å². The molecule has 0 bridgehead atoms. The number of hydrogen-bond acceptors (Lipinski definition) is 7. The molecule has 1 atom stereocenters. The Kier molecular flexibility index (Phi) is 6.25. The smallest absolute Gasteiger partial charge is 0.278 e. The molecule has 2 aromatic heterocycles. The second-order valence-corrected chi connectivity index (χ2v) is 7.15. The summed E-state index contributed by atoms with van der Waals surface area (Å²) in [7, 11) is 0. The molecule has 1 aromatic carbocycles. The predicted octanol–water partition coefficient (Wildman–Crippen LogP) is 1.87. The first-order valence-electron chi connectivity index (χ1n) is 8.48. The second kappa shape index (κ2) is 8.65. The van der Waals surface area contributed by atoms with Crippen LogP contribution in [0.3, 0.4) is 0 Å². The third kappa shape index (κ3) is 4.47. The summed E-state index contributed by atoms with van der Waals surface area (Å²) in [5.74, 6) is 0.115. The quantitative estimate of drug-likeness (QED) is 0.406. The van der Waals surface area contributed by atoms with Crippen LogP contribution in [0.25, 0.3) is 5.65 Å². The number of aliphatic hydroxyl groups is 2. The third-order valence-corrected chi connectivity index (χ3v) is 4.56. The first-order chi connectivity index (χ1) is 13.4. The van der Waals surface area contributed by atoms with Gasteiger partial charge in [0.1, 0.15) is 18.5 Å². The largest absolute Gasteiger partial charge is 0.394 e. The van der Waals surface area contributed by atoms with Gasteiger partial charge >= 0.3 is 0 Å². The normalized spacial score (nSPS) is 12.2. The van der Waals surface area contributed by atoms with Crippen molar-refractivity contribution in [1.82, 2.24) is 20.1 Å². The number of fused-ring (bicyclic) bond motifs is 1. The molecule has 0 fully saturated rings. The van der Waals surface area contributed by atoms with Crippen molar-refractivity contribution in [2.75, 3.05) is 18.5 Å². The monoisotopic (exact) mass is 449 g/mol. The average Bonchev–Trinajstić information content (AvgIpc) is 3.03. The molecule has 3 rings (SSSR count). The Morgan fingerprint density at radius 1 is 1.29 bits per heavy atom. The molecular weight excluding hydrogens is 430 g/mol. The van der Waals surface area contributed by atoms with Gasteiger partial charge in [0.15, 0.2) is 5.65 Å². The Morgan fingerprint density at radius 3 is 2.79 bits per heavy atom. The van der Waals surface area contributed by atoms with Crippen molar-refractivity contribution in [2.24, 2.45) is 0 Å². The summed E-state index contributed by atoms with van der Waals surface area (Å²) in [5.41, 5.74) is 5.50. The lowest BCUT2D eigenvalue weighted by Gasteiger charge is -2.15. The number of aryl methyl sites for hydroxylation is 2. The molecule has 2 heterocycles. The van der Waals surface area contributed by atoms with Gasteiger partial charge in [0.05, 0.1) is 17.9 Å². The maximum Gasteiger partial charge on any atom is 0.278 e. The zero-order valence-electron chi connectivity index (χ0n) is 15.3. The number of benzene rings is 1. The minimum Gasteiger partial charge on any atom is -0.394 e. The number of aromatic nitrogens is 3. The first-order valence-corrected chi connectivity index (χ1v) is 9.28. The van der Waals surface area contributed by atoms with Crippen molar-refractivity contribution in [3.05, 3.63) is 51.9 Å². The molecule has 148 valence electrons. The van der Waals surface area contributed by atoms with Crippen molar-refractivity contribution in [3.63, 3.8) is 0 Å². The van der Waals surface area contributed by atoms with Crippen LogP contribution < -0.4 is 10.8 Å². The van der Waals surface area contributed by atoms with E-state index < -0.39 is 18.6 Å². The van der Waals surface area contributed by atoms with Crippen LogP contribution in [0.5, 0.6) is 0 Å². The first kappa shape index (κ1) is 20.2. The number of rotatable bonds is 7. The maximum atomic E-state index is 12.7. The summed E-state index contributed by atoms with van der Waals surface area (Å²) in [6.45, 7) is 3.04. The van der Waals surface area contributed by atoms with Gasteiger partial charge in [-0.15, -0.1) is 10.2 Å². The Balaban J connectivity index is 1.93. The molecule has 10 heteroatoms. The van der Waals surface area contributed by atoms with E-state index in [2.05, 4.69) is 36.9 Å². The van der Waals surface area contributed by atoms with Crippen molar-refractivity contribution in [3.8, 4) is 0 Å². The minimum absolute atomic E-state index is 0.231. The summed E-state index contributed by atoms with van der Waals surface area (Å²) < 4.78 is 2.64. The molecule has 3 aromatic rings. The summed E-state index contributed by atoms with van der Waals surface area (Å²) >= 11 is 3.43. The molecule has 0 aliphatic carbocycles. The number of hydrogen-bond donors (Lipinski definition) is 4. The number of carbonyl (C=O) groups excluding carboxylic acids is 1. The van der Waals surface area contributed by atoms with E-state index in [1.165, 1.54) is 0 Å². The van der Waals surface area contributed by atoms with Crippen molar-refractivity contribution in [2.45, 2.75) is 20.0 Å². The van der Waals surface area contributed by atoms with Crippen LogP contribution in [-0.4, -0.2) is 50.0 Å². The summed E-state index contributed by atoms with van der Waals surface area (Å²) in [6, 6.07) is 7.48. The van der Waals surface area contributed by atoms with Gasteiger partial charge in [-0.3, -0.25) is 14.0 Å². The van der Waals surface area contributed by atoms with Crippen LogP contribution in [0.2, 0.25) is 0 Å². The Morgan fingerprint density at radius 2 is 2.07 bits per heavy atom. The third-order valence-electron chi connectivity index (χ3n) is 4.07. The molecule has 9 nitrogen and oxygen atoms in total. The number of nitrogens with zero attached hydrogens (tertiary/aromatic N) is 3. The highest BCUT2D eigenvalue weighted by Gasteiger charge is 2.17. The van der Waals surface area contributed by atoms with E-state index in [0.29, 0.717) is 22.7 Å². The number of carbonyl (C=O) groups is 1. The Hall–Kier alpha value is -2.53. The van der Waals surface area contributed by atoms with Gasteiger partial charge in [-0.2, -0.15) is 0 Å². The Bertz CT molecular complexity index is 1010. The van der Waals surface area contributed by atoms with Crippen molar-refractivity contribution >= 4 is 38.9 Å². The zero-order valence-corrected chi connectivity index (χ0v) is 16.9. The fourth-order valence-corrected chi connectivity index (χ4v) is 3.03. The van der Waals surface area contributed by atoms with Gasteiger partial charge < -0.3 is 15.5 Å². The van der Waals surface area contributed by atoms with E-state index >= 15 is 0 Å². The van der Waals surface area contributed by atoms with E-state index in [4.69, 9.17) is 9.94 Å². The fourth-order valence-electron chi connectivity index (χ4n) is 2.56. The number of hydroxylamine groups is 1. The topological polar surface area (TPSA) is 121 Å². The lowest BCUT2D eigenvalue weighted by Crippen LogP contribution is -2.30. The number of amides is 1. The van der Waals surface area contributed by atoms with Crippen LogP contribution in [0.1, 0.15) is 21.7 Å². The lowest BCUT2D eigenvalue weighted by atomic mass is 10.1. The molecule has 4 N–H and O–H groups in total. The number of halogens is 1. The molecule has 0 saturated heterocycles. The summed E-state index contributed by atoms with van der Waals surface area (Å²) in [5, 5.41) is 29.5. The van der Waals surface area contributed by atoms with Crippen LogP contribution in [0.4, 0.5) is 11.4 Å². The van der Waals surface area contributed by atoms with Crippen LogP contribution in [0.15, 0.2) is 34.9 Å². The molecule has 0 aliphatic rings.